The third-order valence-corrected chi connectivity index (χ3v) is 6.98. The summed E-state index contributed by atoms with van der Waals surface area (Å²) in [5, 5.41) is 10.0. The van der Waals surface area contributed by atoms with Crippen molar-refractivity contribution in [1.29, 1.82) is 0 Å². The fourth-order valence-electron chi connectivity index (χ4n) is 3.87. The van der Waals surface area contributed by atoms with Gasteiger partial charge in [-0.2, -0.15) is 0 Å². The van der Waals surface area contributed by atoms with Crippen LogP contribution < -0.4 is 9.46 Å². The summed E-state index contributed by atoms with van der Waals surface area (Å²) in [4.78, 5) is 16.3. The molecule has 3 rings (SSSR count). The van der Waals surface area contributed by atoms with Gasteiger partial charge in [-0.25, -0.2) is 31.3 Å². The lowest BCUT2D eigenvalue weighted by Crippen LogP contribution is -2.33. The van der Waals surface area contributed by atoms with E-state index in [-0.39, 0.29) is 28.1 Å². The number of rotatable bonds is 8. The van der Waals surface area contributed by atoms with Crippen molar-refractivity contribution < 1.29 is 36.2 Å². The summed E-state index contributed by atoms with van der Waals surface area (Å²) in [5.41, 5.74) is -3.35. The Labute approximate surface area is 213 Å². The van der Waals surface area contributed by atoms with Gasteiger partial charge in [0.2, 0.25) is 11.8 Å². The third kappa shape index (κ3) is 6.47. The van der Waals surface area contributed by atoms with E-state index in [0.717, 1.165) is 24.3 Å². The second kappa shape index (κ2) is 10.1. The maximum absolute atomic E-state index is 15.1. The van der Waals surface area contributed by atoms with E-state index in [9.17, 15) is 27.1 Å². The summed E-state index contributed by atoms with van der Waals surface area (Å²) >= 11 is 0. The Morgan fingerprint density at radius 3 is 2.30 bits per heavy atom. The summed E-state index contributed by atoms with van der Waals surface area (Å²) < 4.78 is 76.6. The molecule has 0 unspecified atom stereocenters. The number of carbonyl (C=O) groups excluding carboxylic acids is 1. The van der Waals surface area contributed by atoms with Gasteiger partial charge in [-0.3, -0.25) is 4.79 Å². The summed E-state index contributed by atoms with van der Waals surface area (Å²) in [6.07, 6.45) is 0.756. The van der Waals surface area contributed by atoms with Crippen molar-refractivity contribution in [1.82, 2.24) is 9.71 Å². The number of halogens is 3. The Balaban J connectivity index is 2.02. The van der Waals surface area contributed by atoms with Crippen LogP contribution in [0.2, 0.25) is 0 Å². The molecule has 1 aromatic heterocycles. The molecule has 0 fully saturated rings. The van der Waals surface area contributed by atoms with Crippen LogP contribution in [-0.2, 0) is 32.5 Å². The molecular formula is C26H27F3N2O5S. The van der Waals surface area contributed by atoms with Gasteiger partial charge in [-0.1, -0.05) is 6.07 Å². The van der Waals surface area contributed by atoms with Gasteiger partial charge in [-0.05, 0) is 80.3 Å². The number of carbonyl (C=O) groups is 1. The molecule has 2 aromatic carbocycles. The molecule has 11 heteroatoms. The van der Waals surface area contributed by atoms with Crippen molar-refractivity contribution in [3.05, 3.63) is 77.0 Å². The van der Waals surface area contributed by atoms with Crippen LogP contribution in [0.3, 0.4) is 0 Å². The fraction of sp³-hybridized carbons (Fsp3) is 0.308. The van der Waals surface area contributed by atoms with Gasteiger partial charge in [0.15, 0.2) is 0 Å². The number of nitrogens with one attached hydrogen (secondary N) is 1. The molecule has 0 aliphatic heterocycles. The van der Waals surface area contributed by atoms with Gasteiger partial charge in [0.05, 0.1) is 24.0 Å². The van der Waals surface area contributed by atoms with Crippen molar-refractivity contribution in [2.75, 3.05) is 7.11 Å². The molecule has 198 valence electrons. The predicted octanol–water partition coefficient (Wildman–Crippen LogP) is 4.52. The Hall–Kier alpha value is -3.44. The molecule has 3 aromatic rings. The number of hydrogen-bond acceptors (Lipinski definition) is 6. The normalized spacial score (nSPS) is 12.4. The highest BCUT2D eigenvalue weighted by atomic mass is 32.2. The number of hydrogen-bond donors (Lipinski definition) is 2. The van der Waals surface area contributed by atoms with Gasteiger partial charge in [0, 0.05) is 17.8 Å². The van der Waals surface area contributed by atoms with Crippen LogP contribution in [0.25, 0.3) is 11.1 Å². The van der Waals surface area contributed by atoms with Crippen molar-refractivity contribution in [2.45, 2.75) is 50.3 Å². The van der Waals surface area contributed by atoms with Crippen LogP contribution >= 0.6 is 0 Å². The number of aliphatic hydroxyl groups is 1. The van der Waals surface area contributed by atoms with Crippen molar-refractivity contribution in [2.24, 2.45) is 0 Å². The first kappa shape index (κ1) is 28.1. The molecule has 0 saturated carbocycles. The van der Waals surface area contributed by atoms with E-state index in [0.29, 0.717) is 11.6 Å². The van der Waals surface area contributed by atoms with E-state index in [1.54, 1.807) is 0 Å². The smallest absolute Gasteiger partial charge is 0.264 e. The second-order valence-corrected chi connectivity index (χ2v) is 11.1. The minimum absolute atomic E-state index is 0.0541. The van der Waals surface area contributed by atoms with E-state index >= 15 is 4.39 Å². The average molecular weight is 537 g/mol. The number of pyridine rings is 1. The van der Waals surface area contributed by atoms with Crippen molar-refractivity contribution in [3.8, 4) is 17.0 Å². The molecule has 0 atom stereocenters. The van der Waals surface area contributed by atoms with E-state index in [4.69, 9.17) is 4.74 Å². The number of aromatic nitrogens is 1. The summed E-state index contributed by atoms with van der Waals surface area (Å²) in [5.74, 6) is -2.59. The van der Waals surface area contributed by atoms with Crippen molar-refractivity contribution in [3.63, 3.8) is 0 Å². The Kier molecular flexibility index (Phi) is 7.71. The molecule has 0 saturated heterocycles. The first-order chi connectivity index (χ1) is 17.0. The quantitative estimate of drug-likeness (QED) is 0.439. The molecule has 0 radical (unpaired) electrons. The molecule has 0 aliphatic rings. The predicted molar refractivity (Wildman–Crippen MR) is 131 cm³/mol. The number of benzene rings is 2. The number of methoxy groups -OCH3 is 1. The molecular weight excluding hydrogens is 509 g/mol. The molecule has 7 nitrogen and oxygen atoms in total. The first-order valence-electron chi connectivity index (χ1n) is 11.1. The summed E-state index contributed by atoms with van der Waals surface area (Å²) in [7, 11) is -3.15. The monoisotopic (exact) mass is 536 g/mol. The van der Waals surface area contributed by atoms with Gasteiger partial charge < -0.3 is 9.84 Å². The maximum Gasteiger partial charge on any atom is 0.264 e. The highest BCUT2D eigenvalue weighted by Gasteiger charge is 2.29. The summed E-state index contributed by atoms with van der Waals surface area (Å²) in [6, 6.07) is 7.87. The maximum atomic E-state index is 15.1. The van der Waals surface area contributed by atoms with Gasteiger partial charge in [-0.15, -0.1) is 0 Å². The Bertz CT molecular complexity index is 1450. The number of ether oxygens (including phenoxy) is 1. The minimum Gasteiger partial charge on any atom is -0.481 e. The molecule has 0 spiro atoms. The topological polar surface area (TPSA) is 106 Å². The molecule has 0 aliphatic carbocycles. The van der Waals surface area contributed by atoms with Crippen molar-refractivity contribution >= 4 is 15.9 Å². The standard InChI is InChI=1S/C26H27F3N2O5S/c1-25(2,29)21-12-16(27)11-18(15-8-9-30-24(10-15)36-5)19(21)14-23(32)31-37(34,35)17-6-7-20(22(28)13-17)26(3,4)33/h6-13,33H,14H2,1-5H3,(H,31,32). The number of alkyl halides is 1. The van der Waals surface area contributed by atoms with E-state index < -0.39 is 50.2 Å². The van der Waals surface area contributed by atoms with E-state index in [1.807, 2.05) is 4.72 Å². The molecule has 1 amide bonds. The lowest BCUT2D eigenvalue weighted by molar-refractivity contribution is -0.118. The molecule has 0 bridgehead atoms. The zero-order valence-electron chi connectivity index (χ0n) is 20.9. The highest BCUT2D eigenvalue weighted by Crippen LogP contribution is 2.36. The lowest BCUT2D eigenvalue weighted by Gasteiger charge is -2.22. The molecule has 1 heterocycles. The Morgan fingerprint density at radius 2 is 1.73 bits per heavy atom. The van der Waals surface area contributed by atoms with E-state index in [1.165, 1.54) is 53.1 Å². The minimum atomic E-state index is -4.53. The SMILES string of the molecule is COc1cc(-c2cc(F)cc(C(C)(C)F)c2CC(=O)NS(=O)(=O)c2ccc(C(C)(C)O)c(F)c2)ccn1. The van der Waals surface area contributed by atoms with Crippen LogP contribution in [0, 0.1) is 11.6 Å². The van der Waals surface area contributed by atoms with Gasteiger partial charge in [0.25, 0.3) is 10.0 Å². The van der Waals surface area contributed by atoms with E-state index in [2.05, 4.69) is 4.98 Å². The zero-order valence-corrected chi connectivity index (χ0v) is 21.7. The van der Waals surface area contributed by atoms with Crippen LogP contribution in [0.5, 0.6) is 5.88 Å². The highest BCUT2D eigenvalue weighted by molar-refractivity contribution is 7.90. The lowest BCUT2D eigenvalue weighted by atomic mass is 9.87. The molecule has 37 heavy (non-hydrogen) atoms. The fourth-order valence-corrected chi connectivity index (χ4v) is 4.86. The summed E-state index contributed by atoms with van der Waals surface area (Å²) in [6.45, 7) is 5.04. The zero-order chi connectivity index (χ0) is 27.8. The van der Waals surface area contributed by atoms with Crippen LogP contribution in [-0.4, -0.2) is 31.5 Å². The largest absolute Gasteiger partial charge is 0.481 e. The second-order valence-electron chi connectivity index (χ2n) is 9.44. The van der Waals surface area contributed by atoms with Gasteiger partial charge in [0.1, 0.15) is 17.3 Å². The van der Waals surface area contributed by atoms with Crippen LogP contribution in [0.4, 0.5) is 13.2 Å². The average Bonchev–Trinajstić information content (AvgIpc) is 2.78. The van der Waals surface area contributed by atoms with Gasteiger partial charge >= 0.3 is 0 Å². The van der Waals surface area contributed by atoms with Crippen LogP contribution in [0.1, 0.15) is 44.4 Å². The Morgan fingerprint density at radius 1 is 1.05 bits per heavy atom. The number of sulfonamides is 1. The number of nitrogens with zero attached hydrogens (tertiary/aromatic N) is 1. The third-order valence-electron chi connectivity index (χ3n) is 5.61. The van der Waals surface area contributed by atoms with Crippen LogP contribution in [0.15, 0.2) is 53.6 Å². The first-order valence-corrected chi connectivity index (χ1v) is 12.6. The molecule has 2 N–H and O–H groups in total. The number of amides is 1.